The Hall–Kier alpha value is -3.68. The van der Waals surface area contributed by atoms with Gasteiger partial charge in [0.25, 0.3) is 5.91 Å². The predicted octanol–water partition coefficient (Wildman–Crippen LogP) is 1.81. The molecule has 8 nitrogen and oxygen atoms in total. The molecule has 1 aromatic carbocycles. The number of carbonyl (C=O) groups excluding carboxylic acids is 1. The molecule has 3 heterocycles. The number of carbonyl (C=O) groups is 1. The van der Waals surface area contributed by atoms with E-state index >= 15 is 0 Å². The number of pyridine rings is 1. The summed E-state index contributed by atoms with van der Waals surface area (Å²) in [6, 6.07) is 12.7. The Morgan fingerprint density at radius 3 is 2.68 bits per heavy atom. The molecule has 0 aliphatic heterocycles. The second-order valence-corrected chi connectivity index (χ2v) is 6.55. The molecule has 0 radical (unpaired) electrons. The molecule has 28 heavy (non-hydrogen) atoms. The first-order chi connectivity index (χ1) is 13.6. The van der Waals surface area contributed by atoms with Crippen LogP contribution in [-0.2, 0) is 6.54 Å². The van der Waals surface area contributed by atoms with Gasteiger partial charge in [-0.2, -0.15) is 5.10 Å². The number of benzene rings is 1. The molecule has 0 saturated heterocycles. The van der Waals surface area contributed by atoms with Gasteiger partial charge in [-0.15, -0.1) is 5.10 Å². The third kappa shape index (κ3) is 3.57. The highest BCUT2D eigenvalue weighted by atomic mass is 16.2. The molecule has 0 unspecified atom stereocenters. The van der Waals surface area contributed by atoms with E-state index < -0.39 is 0 Å². The predicted molar refractivity (Wildman–Crippen MR) is 105 cm³/mol. The van der Waals surface area contributed by atoms with Gasteiger partial charge >= 0.3 is 5.69 Å². The molecule has 0 aliphatic carbocycles. The average molecular weight is 376 g/mol. The first-order valence-corrected chi connectivity index (χ1v) is 9.06. The molecular formula is C20H20N6O2. The minimum atomic E-state index is -0.175. The van der Waals surface area contributed by atoms with E-state index in [4.69, 9.17) is 0 Å². The molecule has 0 saturated carbocycles. The van der Waals surface area contributed by atoms with Crippen molar-refractivity contribution in [3.63, 3.8) is 0 Å². The van der Waals surface area contributed by atoms with Gasteiger partial charge in [0.1, 0.15) is 0 Å². The summed E-state index contributed by atoms with van der Waals surface area (Å²) in [6.45, 7) is 2.88. The molecule has 1 amide bonds. The molecule has 0 fully saturated rings. The van der Waals surface area contributed by atoms with E-state index in [2.05, 4.69) is 15.5 Å². The zero-order valence-electron chi connectivity index (χ0n) is 15.4. The highest BCUT2D eigenvalue weighted by Crippen LogP contribution is 2.10. The number of aryl methyl sites for hydroxylation is 2. The monoisotopic (exact) mass is 376 g/mol. The number of hydrogen-bond acceptors (Lipinski definition) is 4. The minimum Gasteiger partial charge on any atom is -0.352 e. The number of nitrogens with zero attached hydrogens (tertiary/aromatic N) is 5. The van der Waals surface area contributed by atoms with Crippen molar-refractivity contribution < 1.29 is 4.79 Å². The molecule has 3 aromatic heterocycles. The van der Waals surface area contributed by atoms with E-state index in [0.717, 1.165) is 11.3 Å². The van der Waals surface area contributed by atoms with Gasteiger partial charge in [0.05, 0.1) is 11.9 Å². The van der Waals surface area contributed by atoms with Gasteiger partial charge in [-0.1, -0.05) is 6.07 Å². The summed E-state index contributed by atoms with van der Waals surface area (Å²) in [6.07, 6.45) is 6.02. The average Bonchev–Trinajstić information content (AvgIpc) is 3.29. The first kappa shape index (κ1) is 17.7. The lowest BCUT2D eigenvalue weighted by Gasteiger charge is -2.06. The van der Waals surface area contributed by atoms with Gasteiger partial charge in [-0.25, -0.2) is 14.2 Å². The molecule has 8 heteroatoms. The number of rotatable bonds is 6. The van der Waals surface area contributed by atoms with E-state index in [0.29, 0.717) is 30.7 Å². The molecule has 4 aromatic rings. The van der Waals surface area contributed by atoms with Crippen LogP contribution in [0.5, 0.6) is 0 Å². The van der Waals surface area contributed by atoms with Crippen molar-refractivity contribution in [2.75, 3.05) is 6.54 Å². The Morgan fingerprint density at radius 1 is 1.14 bits per heavy atom. The van der Waals surface area contributed by atoms with Crippen LogP contribution >= 0.6 is 0 Å². The summed E-state index contributed by atoms with van der Waals surface area (Å²) >= 11 is 0. The Balaban J connectivity index is 1.31. The third-order valence-corrected chi connectivity index (χ3v) is 4.43. The van der Waals surface area contributed by atoms with Gasteiger partial charge in [0, 0.05) is 31.0 Å². The highest BCUT2D eigenvalue weighted by Gasteiger charge is 2.08. The van der Waals surface area contributed by atoms with Crippen molar-refractivity contribution in [1.82, 2.24) is 29.3 Å². The molecule has 4 rings (SSSR count). The van der Waals surface area contributed by atoms with Crippen LogP contribution in [0.2, 0.25) is 0 Å². The fourth-order valence-corrected chi connectivity index (χ4v) is 2.97. The van der Waals surface area contributed by atoms with Crippen molar-refractivity contribution in [3.8, 4) is 5.69 Å². The van der Waals surface area contributed by atoms with Gasteiger partial charge < -0.3 is 5.32 Å². The number of fused-ring (bicyclic) bond motifs is 1. The largest absolute Gasteiger partial charge is 0.352 e. The van der Waals surface area contributed by atoms with Gasteiger partial charge in [-0.3, -0.25) is 9.20 Å². The van der Waals surface area contributed by atoms with E-state index in [1.54, 1.807) is 41.3 Å². The van der Waals surface area contributed by atoms with E-state index in [1.807, 2.05) is 31.3 Å². The van der Waals surface area contributed by atoms with Crippen LogP contribution in [0, 0.1) is 6.92 Å². The van der Waals surface area contributed by atoms with Gasteiger partial charge in [0.15, 0.2) is 5.65 Å². The lowest BCUT2D eigenvalue weighted by Crippen LogP contribution is -2.27. The van der Waals surface area contributed by atoms with Crippen LogP contribution in [0.4, 0.5) is 0 Å². The molecular weight excluding hydrogens is 356 g/mol. The van der Waals surface area contributed by atoms with Gasteiger partial charge in [-0.05, 0) is 55.3 Å². The number of amides is 1. The van der Waals surface area contributed by atoms with Crippen molar-refractivity contribution in [3.05, 3.63) is 82.7 Å². The second kappa shape index (κ2) is 7.51. The maximum atomic E-state index is 12.3. The summed E-state index contributed by atoms with van der Waals surface area (Å²) in [5.41, 5.74) is 3.00. The van der Waals surface area contributed by atoms with Crippen molar-refractivity contribution >= 4 is 11.6 Å². The molecule has 1 N–H and O–H groups in total. The Labute approximate surface area is 161 Å². The molecule has 0 spiro atoms. The smallest absolute Gasteiger partial charge is 0.350 e. The third-order valence-electron chi connectivity index (χ3n) is 4.43. The van der Waals surface area contributed by atoms with E-state index in [1.165, 1.54) is 9.08 Å². The van der Waals surface area contributed by atoms with Crippen LogP contribution in [0.15, 0.2) is 65.8 Å². The Kier molecular flexibility index (Phi) is 4.76. The number of aromatic nitrogens is 5. The summed E-state index contributed by atoms with van der Waals surface area (Å²) in [5, 5.41) is 11.4. The molecule has 0 aliphatic rings. The SMILES string of the molecule is Cc1cnn(-c2ccc(C(=O)NCCCn3nc4ccccn4c3=O)cc2)c1. The second-order valence-electron chi connectivity index (χ2n) is 6.55. The normalized spacial score (nSPS) is 11.0. The quantitative estimate of drug-likeness (QED) is 0.520. The van der Waals surface area contributed by atoms with Crippen LogP contribution in [0.1, 0.15) is 22.3 Å². The zero-order chi connectivity index (χ0) is 19.5. The van der Waals surface area contributed by atoms with Crippen molar-refractivity contribution in [1.29, 1.82) is 0 Å². The maximum Gasteiger partial charge on any atom is 0.350 e. The summed E-state index contributed by atoms with van der Waals surface area (Å²) in [4.78, 5) is 24.5. The van der Waals surface area contributed by atoms with Crippen LogP contribution in [-0.4, -0.2) is 36.4 Å². The summed E-state index contributed by atoms with van der Waals surface area (Å²) < 4.78 is 4.69. The lowest BCUT2D eigenvalue weighted by molar-refractivity contribution is 0.0952. The minimum absolute atomic E-state index is 0.148. The molecule has 0 bridgehead atoms. The lowest BCUT2D eigenvalue weighted by atomic mass is 10.2. The fourth-order valence-electron chi connectivity index (χ4n) is 2.97. The Bertz CT molecular complexity index is 1170. The summed E-state index contributed by atoms with van der Waals surface area (Å²) in [5.74, 6) is -0.148. The number of hydrogen-bond donors (Lipinski definition) is 1. The van der Waals surface area contributed by atoms with Crippen molar-refractivity contribution in [2.24, 2.45) is 0 Å². The topological polar surface area (TPSA) is 86.2 Å². The standard InChI is InChI=1S/C20H20N6O2/c1-15-13-22-26(14-15)17-8-6-16(7-9-17)19(27)21-10-4-12-25-20(28)24-11-3-2-5-18(24)23-25/h2-3,5-9,11,13-14H,4,10,12H2,1H3,(H,21,27). The molecule has 142 valence electrons. The Morgan fingerprint density at radius 2 is 1.96 bits per heavy atom. The van der Waals surface area contributed by atoms with Gasteiger partial charge in [0.2, 0.25) is 0 Å². The maximum absolute atomic E-state index is 12.3. The van der Waals surface area contributed by atoms with Crippen LogP contribution < -0.4 is 11.0 Å². The van der Waals surface area contributed by atoms with Crippen molar-refractivity contribution in [2.45, 2.75) is 19.9 Å². The first-order valence-electron chi connectivity index (χ1n) is 9.06. The highest BCUT2D eigenvalue weighted by molar-refractivity contribution is 5.94. The van der Waals surface area contributed by atoms with Crippen LogP contribution in [0.3, 0.4) is 0 Å². The fraction of sp³-hybridized carbons (Fsp3) is 0.200. The van der Waals surface area contributed by atoms with Crippen LogP contribution in [0.25, 0.3) is 11.3 Å². The zero-order valence-corrected chi connectivity index (χ0v) is 15.4. The number of nitrogens with one attached hydrogen (secondary N) is 1. The van der Waals surface area contributed by atoms with E-state index in [-0.39, 0.29) is 11.6 Å². The van der Waals surface area contributed by atoms with E-state index in [9.17, 15) is 9.59 Å². The summed E-state index contributed by atoms with van der Waals surface area (Å²) in [7, 11) is 0. The molecule has 0 atom stereocenters.